The molecule has 1 aliphatic heterocycles. The first-order valence-corrected chi connectivity index (χ1v) is 25.5. The van der Waals surface area contributed by atoms with Crippen molar-refractivity contribution >= 4 is 11.9 Å². The van der Waals surface area contributed by atoms with E-state index >= 15 is 0 Å². The smallest absolute Gasteiger partial charge is 0.360 e. The van der Waals surface area contributed by atoms with Gasteiger partial charge in [-0.2, -0.15) is 0 Å². The fourth-order valence-corrected chi connectivity index (χ4v) is 8.36. The fraction of sp³-hybridized carbons (Fsp3) is 0.419. The molecule has 16 heteroatoms. The molecule has 0 amide bonds. The van der Waals surface area contributed by atoms with Gasteiger partial charge in [-0.05, 0) is 97.8 Å². The predicted molar refractivity (Wildman–Crippen MR) is 294 cm³/mol. The number of rotatable bonds is 18. The first-order valence-electron chi connectivity index (χ1n) is 25.5. The normalized spacial score (nSPS) is 22.6. The van der Waals surface area contributed by atoms with Crippen LogP contribution < -0.4 is 9.47 Å². The van der Waals surface area contributed by atoms with E-state index in [-0.39, 0.29) is 49.2 Å². The van der Waals surface area contributed by atoms with Crippen LogP contribution >= 0.6 is 0 Å². The Morgan fingerprint density at radius 1 is 0.551 bits per heavy atom. The zero-order valence-electron chi connectivity index (χ0n) is 46.8. The highest BCUT2D eigenvalue weighted by atomic mass is 16.6. The van der Waals surface area contributed by atoms with Crippen molar-refractivity contribution in [1.29, 1.82) is 0 Å². The number of methoxy groups -OCH3 is 6. The summed E-state index contributed by atoms with van der Waals surface area (Å²) in [5, 5.41) is 0. The fourth-order valence-electron chi connectivity index (χ4n) is 8.36. The predicted octanol–water partition coefficient (Wildman–Crippen LogP) is 10.2. The van der Waals surface area contributed by atoms with E-state index in [4.69, 9.17) is 56.2 Å². The number of hydrogen-bond donors (Lipinski definition) is 0. The molecule has 8 atom stereocenters. The molecule has 3 heterocycles. The van der Waals surface area contributed by atoms with Crippen molar-refractivity contribution in [3.05, 3.63) is 168 Å². The Kier molecular flexibility index (Phi) is 24.6. The number of carbonyl (C=O) groups excluding carboxylic acids is 2. The molecule has 416 valence electrons. The number of ether oxygens (including phenoxy) is 10. The average molecular weight is 1070 g/mol. The van der Waals surface area contributed by atoms with E-state index in [2.05, 4.69) is 33.6 Å². The van der Waals surface area contributed by atoms with Gasteiger partial charge in [0, 0.05) is 39.3 Å². The third-order valence-electron chi connectivity index (χ3n) is 13.0. The van der Waals surface area contributed by atoms with Gasteiger partial charge in [0.2, 0.25) is 0 Å². The number of oxazole rings is 2. The maximum absolute atomic E-state index is 14.2. The molecule has 2 aromatic heterocycles. The number of carbonyl (C=O) groups is 2. The summed E-state index contributed by atoms with van der Waals surface area (Å²) in [6, 6.07) is 15.2. The molecule has 2 aromatic carbocycles. The highest BCUT2D eigenvalue weighted by Gasteiger charge is 2.46. The van der Waals surface area contributed by atoms with Gasteiger partial charge < -0.3 is 56.2 Å². The lowest BCUT2D eigenvalue weighted by Gasteiger charge is -2.41. The van der Waals surface area contributed by atoms with Gasteiger partial charge in [0.05, 0.1) is 64.7 Å². The third-order valence-corrected chi connectivity index (χ3v) is 13.0. The molecule has 4 aromatic rings. The van der Waals surface area contributed by atoms with E-state index in [9.17, 15) is 9.59 Å². The van der Waals surface area contributed by atoms with Gasteiger partial charge in [0.15, 0.2) is 23.2 Å². The number of cyclic esters (lactones) is 2. The Balaban J connectivity index is 1.55. The van der Waals surface area contributed by atoms with Crippen molar-refractivity contribution in [3.63, 3.8) is 0 Å². The summed E-state index contributed by atoms with van der Waals surface area (Å²) >= 11 is 0. The van der Waals surface area contributed by atoms with Crippen LogP contribution in [0.1, 0.15) is 85.4 Å². The Morgan fingerprint density at radius 3 is 1.23 bits per heavy atom. The summed E-state index contributed by atoms with van der Waals surface area (Å²) < 4.78 is 71.6. The second-order valence-electron chi connectivity index (χ2n) is 19.1. The molecule has 0 aliphatic carbocycles. The minimum Gasteiger partial charge on any atom is -0.497 e. The Labute approximate surface area is 459 Å². The van der Waals surface area contributed by atoms with Crippen LogP contribution in [-0.4, -0.2) is 113 Å². The second kappa shape index (κ2) is 31.2. The highest BCUT2D eigenvalue weighted by molar-refractivity contribution is 5.87. The molecule has 0 saturated heterocycles. The summed E-state index contributed by atoms with van der Waals surface area (Å²) in [7, 11) is 9.35. The first-order chi connectivity index (χ1) is 37.6. The monoisotopic (exact) mass is 1070 g/mol. The van der Waals surface area contributed by atoms with Crippen molar-refractivity contribution in [3.8, 4) is 35.2 Å². The van der Waals surface area contributed by atoms with Gasteiger partial charge in [-0.1, -0.05) is 99.9 Å². The highest BCUT2D eigenvalue weighted by Crippen LogP contribution is 2.37. The molecular formula is C62H74N2O14. The van der Waals surface area contributed by atoms with Crippen LogP contribution in [0.4, 0.5) is 0 Å². The molecule has 1 aliphatic rings. The van der Waals surface area contributed by atoms with Crippen LogP contribution in [0.15, 0.2) is 143 Å². The van der Waals surface area contributed by atoms with Gasteiger partial charge in [-0.3, -0.25) is 0 Å². The average Bonchev–Trinajstić information content (AvgIpc) is 4.18. The minimum absolute atomic E-state index is 0.0471. The quantitative estimate of drug-likeness (QED) is 0.0522. The van der Waals surface area contributed by atoms with Gasteiger partial charge in [-0.15, -0.1) is 0 Å². The SMILES string of the molecule is C/C=C/C(OCc1ccc(OC)cc1)C(C)(C)C1OC(=O)c2coc(n2)CC(OC)/C=C\C#C/C=C\C(OC)Cc2nc(co2)C(=O)OC(C(C)(C)C(/C=C/C)OCc2ccc(OC)cc2)C(OC)/C=C\C#C/C=C\C1OC. The maximum Gasteiger partial charge on any atom is 0.360 e. The maximum atomic E-state index is 14.2. The van der Waals surface area contributed by atoms with E-state index in [0.717, 1.165) is 22.6 Å². The molecule has 0 spiro atoms. The van der Waals surface area contributed by atoms with E-state index in [1.807, 2.05) is 114 Å². The zero-order chi connectivity index (χ0) is 56.5. The largest absolute Gasteiger partial charge is 0.497 e. The van der Waals surface area contributed by atoms with Crippen molar-refractivity contribution in [2.75, 3.05) is 42.7 Å². The zero-order valence-corrected chi connectivity index (χ0v) is 46.8. The lowest BCUT2D eigenvalue weighted by atomic mass is 9.77. The molecule has 0 N–H and O–H groups in total. The van der Waals surface area contributed by atoms with Gasteiger partial charge in [-0.25, -0.2) is 19.6 Å². The summed E-state index contributed by atoms with van der Waals surface area (Å²) in [5.41, 5.74) is -0.141. The second-order valence-corrected chi connectivity index (χ2v) is 19.1. The van der Waals surface area contributed by atoms with E-state index in [1.165, 1.54) is 26.7 Å². The van der Waals surface area contributed by atoms with Crippen LogP contribution in [0.25, 0.3) is 0 Å². The molecule has 4 bridgehead atoms. The van der Waals surface area contributed by atoms with Crippen molar-refractivity contribution < 1.29 is 65.8 Å². The Bertz CT molecular complexity index is 2620. The van der Waals surface area contributed by atoms with E-state index in [0.29, 0.717) is 0 Å². The minimum atomic E-state index is -0.976. The molecular weight excluding hydrogens is 997 g/mol. The molecule has 0 fully saturated rings. The van der Waals surface area contributed by atoms with Crippen molar-refractivity contribution in [1.82, 2.24) is 9.97 Å². The number of allylic oxidation sites excluding steroid dienone is 6. The molecule has 16 nitrogen and oxygen atoms in total. The van der Waals surface area contributed by atoms with Crippen LogP contribution in [0.3, 0.4) is 0 Å². The van der Waals surface area contributed by atoms with Crippen LogP contribution in [0.5, 0.6) is 11.5 Å². The number of benzene rings is 2. The molecule has 0 saturated carbocycles. The van der Waals surface area contributed by atoms with Gasteiger partial charge in [0.1, 0.15) is 48.4 Å². The lowest BCUT2D eigenvalue weighted by Crippen LogP contribution is -2.49. The first kappa shape index (κ1) is 61.6. The number of aromatic nitrogens is 2. The lowest BCUT2D eigenvalue weighted by molar-refractivity contribution is -0.115. The van der Waals surface area contributed by atoms with Crippen molar-refractivity contribution in [2.24, 2.45) is 10.8 Å². The Morgan fingerprint density at radius 2 is 0.910 bits per heavy atom. The summed E-state index contributed by atoms with van der Waals surface area (Å²) in [6.07, 6.45) is 18.1. The molecule has 5 rings (SSSR count). The van der Waals surface area contributed by atoms with Crippen molar-refractivity contribution in [2.45, 2.75) is 116 Å². The summed E-state index contributed by atoms with van der Waals surface area (Å²) in [4.78, 5) is 37.3. The molecule has 0 radical (unpaired) electrons. The standard InChI is InChI=1S/C62H74N2O14/c1-13-23-53(73-39-43-29-33-45(67-7)34-30-43)61(3,4)57-51(71-11)27-21-17-18-22-28-52(72-12)58(62(5,6)54(24-14-2)74-40-44-31-35-46(68-8)36-32-44)78-60(66)50-42-76-56(64-50)38-48(70-10)26-20-16-15-19-25-47(69-9)37-55-63-49(41-75-55)59(65)77-57/h13-14,19-36,41-42,47-48,51-54,57-58H,37-40H2,1-12H3/b23-13+,24-14+,25-19-,26-20-,27-21-,28-22-. The molecule has 78 heavy (non-hydrogen) atoms. The van der Waals surface area contributed by atoms with Crippen LogP contribution in [0, 0.1) is 34.5 Å². The van der Waals surface area contributed by atoms with E-state index in [1.54, 1.807) is 77.0 Å². The van der Waals surface area contributed by atoms with Crippen LogP contribution in [0.2, 0.25) is 0 Å². The van der Waals surface area contributed by atoms with Crippen LogP contribution in [-0.2, 0) is 64.0 Å². The van der Waals surface area contributed by atoms with Gasteiger partial charge in [0.25, 0.3) is 0 Å². The Hall–Kier alpha value is -7.28. The van der Waals surface area contributed by atoms with E-state index < -0.39 is 71.6 Å². The number of hydrogen-bond acceptors (Lipinski definition) is 16. The van der Waals surface area contributed by atoms with Gasteiger partial charge >= 0.3 is 11.9 Å². The topological polar surface area (TPSA) is 178 Å². The number of fused-ring (bicyclic) bond motifs is 4. The number of nitrogens with zero attached hydrogens (tertiary/aromatic N) is 2. The summed E-state index contributed by atoms with van der Waals surface area (Å²) in [5.74, 6) is 12.5. The number of esters is 2. The summed E-state index contributed by atoms with van der Waals surface area (Å²) in [6.45, 7) is 12.0. The molecule has 8 unspecified atom stereocenters. The third kappa shape index (κ3) is 17.9.